The van der Waals surface area contributed by atoms with E-state index in [2.05, 4.69) is 55.7 Å². The predicted molar refractivity (Wildman–Crippen MR) is 82.2 cm³/mol. The van der Waals surface area contributed by atoms with E-state index in [1.807, 2.05) is 0 Å². The molecule has 0 atom stereocenters. The van der Waals surface area contributed by atoms with Gasteiger partial charge >= 0.3 is 0 Å². The lowest BCUT2D eigenvalue weighted by Gasteiger charge is -2.10. The van der Waals surface area contributed by atoms with Gasteiger partial charge in [-0.15, -0.1) is 11.3 Å². The molecular formula is C16H21NOS. The first-order chi connectivity index (χ1) is 9.16. The van der Waals surface area contributed by atoms with E-state index in [0.29, 0.717) is 6.61 Å². The lowest BCUT2D eigenvalue weighted by atomic mass is 10.1. The van der Waals surface area contributed by atoms with Gasteiger partial charge in [-0.3, -0.25) is 0 Å². The van der Waals surface area contributed by atoms with Crippen LogP contribution < -0.4 is 10.1 Å². The summed E-state index contributed by atoms with van der Waals surface area (Å²) in [6.45, 7) is 8.82. The fraction of sp³-hybridized carbons (Fsp3) is 0.375. The van der Waals surface area contributed by atoms with Crippen LogP contribution in [-0.2, 0) is 6.54 Å². The maximum atomic E-state index is 5.81. The highest BCUT2D eigenvalue weighted by atomic mass is 32.1. The van der Waals surface area contributed by atoms with E-state index < -0.39 is 0 Å². The van der Waals surface area contributed by atoms with Gasteiger partial charge in [0.15, 0.2) is 0 Å². The Bertz CT molecular complexity index is 533. The van der Waals surface area contributed by atoms with Crippen molar-refractivity contribution in [1.82, 2.24) is 5.32 Å². The van der Waals surface area contributed by atoms with E-state index in [-0.39, 0.29) is 0 Å². The topological polar surface area (TPSA) is 21.3 Å². The molecule has 102 valence electrons. The van der Waals surface area contributed by atoms with Crippen molar-refractivity contribution in [3.05, 3.63) is 51.2 Å². The third-order valence-corrected chi connectivity index (χ3v) is 4.16. The molecule has 0 radical (unpaired) electrons. The first kappa shape index (κ1) is 14.1. The summed E-state index contributed by atoms with van der Waals surface area (Å²) in [6.07, 6.45) is 0. The average molecular weight is 275 g/mol. The van der Waals surface area contributed by atoms with Crippen molar-refractivity contribution in [2.45, 2.75) is 27.3 Å². The predicted octanol–water partition coefficient (Wildman–Crippen LogP) is 3.84. The summed E-state index contributed by atoms with van der Waals surface area (Å²) in [5.41, 5.74) is 3.80. The third kappa shape index (κ3) is 4.08. The van der Waals surface area contributed by atoms with E-state index in [4.69, 9.17) is 4.74 Å². The van der Waals surface area contributed by atoms with Crippen LogP contribution in [-0.4, -0.2) is 13.2 Å². The second-order valence-corrected chi connectivity index (χ2v) is 5.82. The SMILES string of the molecule is Cc1ccc(C)c(OCCNCc2sccc2C)c1. The van der Waals surface area contributed by atoms with Crippen LogP contribution in [0.2, 0.25) is 0 Å². The molecule has 0 fully saturated rings. The molecule has 0 spiro atoms. The number of hydrogen-bond donors (Lipinski definition) is 1. The van der Waals surface area contributed by atoms with Gasteiger partial charge in [0, 0.05) is 18.0 Å². The molecule has 0 saturated heterocycles. The van der Waals surface area contributed by atoms with Crippen LogP contribution in [0.1, 0.15) is 21.6 Å². The van der Waals surface area contributed by atoms with Crippen molar-refractivity contribution in [3.8, 4) is 5.75 Å². The van der Waals surface area contributed by atoms with Gasteiger partial charge in [-0.05, 0) is 55.0 Å². The Morgan fingerprint density at radius 1 is 1.11 bits per heavy atom. The average Bonchev–Trinajstić information content (AvgIpc) is 2.79. The first-order valence-corrected chi connectivity index (χ1v) is 7.48. The molecule has 0 aliphatic rings. The normalized spacial score (nSPS) is 10.7. The van der Waals surface area contributed by atoms with Crippen LogP contribution in [0.3, 0.4) is 0 Å². The minimum Gasteiger partial charge on any atom is -0.492 e. The van der Waals surface area contributed by atoms with Crippen LogP contribution in [0.5, 0.6) is 5.75 Å². The summed E-state index contributed by atoms with van der Waals surface area (Å²) in [5, 5.41) is 5.56. The molecule has 0 unspecified atom stereocenters. The highest BCUT2D eigenvalue weighted by Gasteiger charge is 2.01. The minimum atomic E-state index is 0.703. The summed E-state index contributed by atoms with van der Waals surface area (Å²) in [4.78, 5) is 1.41. The molecule has 1 aromatic carbocycles. The van der Waals surface area contributed by atoms with E-state index >= 15 is 0 Å². The van der Waals surface area contributed by atoms with Gasteiger partial charge in [-0.2, -0.15) is 0 Å². The summed E-state index contributed by atoms with van der Waals surface area (Å²) < 4.78 is 5.81. The molecule has 0 amide bonds. The number of ether oxygens (including phenoxy) is 1. The molecule has 0 bridgehead atoms. The number of rotatable bonds is 6. The maximum absolute atomic E-state index is 5.81. The highest BCUT2D eigenvalue weighted by Crippen LogP contribution is 2.19. The molecule has 1 aromatic heterocycles. The number of thiophene rings is 1. The summed E-state index contributed by atoms with van der Waals surface area (Å²) in [5.74, 6) is 0.995. The molecule has 1 heterocycles. The summed E-state index contributed by atoms with van der Waals surface area (Å²) in [6, 6.07) is 8.47. The molecule has 2 rings (SSSR count). The van der Waals surface area contributed by atoms with Crippen molar-refractivity contribution in [2.75, 3.05) is 13.2 Å². The van der Waals surface area contributed by atoms with E-state index in [9.17, 15) is 0 Å². The molecule has 0 aliphatic heterocycles. The van der Waals surface area contributed by atoms with Crippen LogP contribution in [0, 0.1) is 20.8 Å². The quantitative estimate of drug-likeness (QED) is 0.809. The molecule has 3 heteroatoms. The van der Waals surface area contributed by atoms with E-state index in [0.717, 1.165) is 18.8 Å². The van der Waals surface area contributed by atoms with Crippen molar-refractivity contribution in [3.63, 3.8) is 0 Å². The molecular weight excluding hydrogens is 254 g/mol. The zero-order valence-corrected chi connectivity index (χ0v) is 12.6. The van der Waals surface area contributed by atoms with E-state index in [1.165, 1.54) is 21.6 Å². The van der Waals surface area contributed by atoms with Crippen LogP contribution >= 0.6 is 11.3 Å². The Labute approximate surface area is 119 Å². The smallest absolute Gasteiger partial charge is 0.122 e. The Morgan fingerprint density at radius 3 is 2.68 bits per heavy atom. The van der Waals surface area contributed by atoms with Gasteiger partial charge in [0.05, 0.1) is 0 Å². The van der Waals surface area contributed by atoms with Gasteiger partial charge < -0.3 is 10.1 Å². The molecule has 2 nitrogen and oxygen atoms in total. The second kappa shape index (κ2) is 6.73. The van der Waals surface area contributed by atoms with Gasteiger partial charge in [-0.25, -0.2) is 0 Å². The first-order valence-electron chi connectivity index (χ1n) is 6.60. The Balaban J connectivity index is 1.72. The summed E-state index contributed by atoms with van der Waals surface area (Å²) >= 11 is 1.81. The number of aryl methyl sites for hydroxylation is 3. The van der Waals surface area contributed by atoms with Crippen molar-refractivity contribution in [1.29, 1.82) is 0 Å². The van der Waals surface area contributed by atoms with Crippen molar-refractivity contribution in [2.24, 2.45) is 0 Å². The van der Waals surface area contributed by atoms with Crippen molar-refractivity contribution >= 4 is 11.3 Å². The summed E-state index contributed by atoms with van der Waals surface area (Å²) in [7, 11) is 0. The minimum absolute atomic E-state index is 0.703. The van der Waals surface area contributed by atoms with Gasteiger partial charge in [-0.1, -0.05) is 12.1 Å². The largest absolute Gasteiger partial charge is 0.492 e. The highest BCUT2D eigenvalue weighted by molar-refractivity contribution is 7.10. The van der Waals surface area contributed by atoms with Crippen LogP contribution in [0.4, 0.5) is 0 Å². The fourth-order valence-corrected chi connectivity index (χ4v) is 2.76. The number of benzene rings is 1. The monoisotopic (exact) mass is 275 g/mol. The zero-order valence-electron chi connectivity index (χ0n) is 11.8. The lowest BCUT2D eigenvalue weighted by molar-refractivity contribution is 0.311. The second-order valence-electron chi connectivity index (χ2n) is 4.82. The zero-order chi connectivity index (χ0) is 13.7. The van der Waals surface area contributed by atoms with Gasteiger partial charge in [0.25, 0.3) is 0 Å². The standard InChI is InChI=1S/C16H21NOS/c1-12-4-5-13(2)15(10-12)18-8-7-17-11-16-14(3)6-9-19-16/h4-6,9-10,17H,7-8,11H2,1-3H3. The number of hydrogen-bond acceptors (Lipinski definition) is 3. The third-order valence-electron chi connectivity index (χ3n) is 3.13. The molecule has 1 N–H and O–H groups in total. The van der Waals surface area contributed by atoms with E-state index in [1.54, 1.807) is 11.3 Å². The van der Waals surface area contributed by atoms with Crippen LogP contribution in [0.15, 0.2) is 29.6 Å². The molecule has 0 saturated carbocycles. The van der Waals surface area contributed by atoms with Gasteiger partial charge in [0.2, 0.25) is 0 Å². The molecule has 19 heavy (non-hydrogen) atoms. The van der Waals surface area contributed by atoms with Crippen LogP contribution in [0.25, 0.3) is 0 Å². The van der Waals surface area contributed by atoms with Gasteiger partial charge in [0.1, 0.15) is 12.4 Å². The number of nitrogens with one attached hydrogen (secondary N) is 1. The lowest BCUT2D eigenvalue weighted by Crippen LogP contribution is -2.20. The Morgan fingerprint density at radius 2 is 1.95 bits per heavy atom. The Hall–Kier alpha value is -1.32. The molecule has 0 aliphatic carbocycles. The Kier molecular flexibility index (Phi) is 5.00. The fourth-order valence-electron chi connectivity index (χ4n) is 1.88. The molecule has 2 aromatic rings. The van der Waals surface area contributed by atoms with Crippen molar-refractivity contribution < 1.29 is 4.74 Å². The maximum Gasteiger partial charge on any atom is 0.122 e.